The van der Waals surface area contributed by atoms with Crippen LogP contribution in [-0.4, -0.2) is 33.9 Å². The molecule has 0 aliphatic carbocycles. The van der Waals surface area contributed by atoms with E-state index in [1.54, 1.807) is 6.20 Å². The summed E-state index contributed by atoms with van der Waals surface area (Å²) in [5.74, 6) is 0.336. The molecule has 0 saturated carbocycles. The van der Waals surface area contributed by atoms with Crippen LogP contribution < -0.4 is 0 Å². The SMILES string of the molecule is CC1CN(C(=O)Cc2c[nH]c3cc(F)cnc23)C1. The predicted octanol–water partition coefficient (Wildman–Crippen LogP) is 1.72. The van der Waals surface area contributed by atoms with Crippen molar-refractivity contribution in [2.75, 3.05) is 13.1 Å². The maximum atomic E-state index is 13.0. The van der Waals surface area contributed by atoms with E-state index in [-0.39, 0.29) is 11.7 Å². The highest BCUT2D eigenvalue weighted by molar-refractivity contribution is 5.86. The highest BCUT2D eigenvalue weighted by Crippen LogP contribution is 2.20. The summed E-state index contributed by atoms with van der Waals surface area (Å²) in [6.07, 6.45) is 3.24. The lowest BCUT2D eigenvalue weighted by molar-refractivity contribution is -0.136. The molecule has 5 heteroatoms. The van der Waals surface area contributed by atoms with Crippen molar-refractivity contribution in [1.82, 2.24) is 14.9 Å². The highest BCUT2D eigenvalue weighted by Gasteiger charge is 2.27. The summed E-state index contributed by atoms with van der Waals surface area (Å²) >= 11 is 0. The summed E-state index contributed by atoms with van der Waals surface area (Å²) in [5.41, 5.74) is 2.14. The number of amides is 1. The Morgan fingerprint density at radius 2 is 2.39 bits per heavy atom. The molecule has 3 rings (SSSR count). The quantitative estimate of drug-likeness (QED) is 0.878. The molecule has 1 amide bonds. The zero-order chi connectivity index (χ0) is 12.7. The first-order valence-electron chi connectivity index (χ1n) is 6.03. The molecule has 1 N–H and O–H groups in total. The van der Waals surface area contributed by atoms with E-state index in [0.717, 1.165) is 18.7 Å². The first kappa shape index (κ1) is 11.2. The Morgan fingerprint density at radius 3 is 3.11 bits per heavy atom. The molecule has 18 heavy (non-hydrogen) atoms. The van der Waals surface area contributed by atoms with Crippen molar-refractivity contribution in [3.63, 3.8) is 0 Å². The third-order valence-electron chi connectivity index (χ3n) is 3.32. The Kier molecular flexibility index (Phi) is 2.54. The fourth-order valence-corrected chi connectivity index (χ4v) is 2.35. The van der Waals surface area contributed by atoms with E-state index in [0.29, 0.717) is 23.4 Å². The van der Waals surface area contributed by atoms with Crippen molar-refractivity contribution < 1.29 is 9.18 Å². The largest absolute Gasteiger partial charge is 0.359 e. The Morgan fingerprint density at radius 1 is 1.61 bits per heavy atom. The normalized spacial score (nSPS) is 16.0. The number of carbonyl (C=O) groups excluding carboxylic acids is 1. The molecule has 0 aromatic carbocycles. The standard InChI is InChI=1S/C13H14FN3O/c1-8-6-17(7-8)12(18)2-9-4-15-11-3-10(14)5-16-13(9)11/h3-5,8,15H,2,6-7H2,1H3. The predicted molar refractivity (Wildman–Crippen MR) is 65.5 cm³/mol. The molecule has 1 saturated heterocycles. The minimum Gasteiger partial charge on any atom is -0.359 e. The Hall–Kier alpha value is -1.91. The van der Waals surface area contributed by atoms with Gasteiger partial charge in [-0.3, -0.25) is 9.78 Å². The number of rotatable bonds is 2. The number of hydrogen-bond acceptors (Lipinski definition) is 2. The van der Waals surface area contributed by atoms with E-state index in [4.69, 9.17) is 0 Å². The van der Waals surface area contributed by atoms with Crippen molar-refractivity contribution in [3.8, 4) is 0 Å². The number of fused-ring (bicyclic) bond motifs is 1. The molecule has 0 radical (unpaired) electrons. The van der Waals surface area contributed by atoms with Gasteiger partial charge in [-0.2, -0.15) is 0 Å². The number of aromatic nitrogens is 2. The number of likely N-dealkylation sites (tertiary alicyclic amines) is 1. The van der Waals surface area contributed by atoms with Crippen LogP contribution in [0.2, 0.25) is 0 Å². The van der Waals surface area contributed by atoms with Gasteiger partial charge in [0, 0.05) is 30.9 Å². The summed E-state index contributed by atoms with van der Waals surface area (Å²) in [4.78, 5) is 20.8. The molecule has 0 atom stereocenters. The number of aromatic amines is 1. The van der Waals surface area contributed by atoms with E-state index in [2.05, 4.69) is 16.9 Å². The number of H-pyrrole nitrogens is 1. The van der Waals surface area contributed by atoms with Crippen LogP contribution >= 0.6 is 0 Å². The summed E-state index contributed by atoms with van der Waals surface area (Å²) < 4.78 is 13.0. The van der Waals surface area contributed by atoms with Gasteiger partial charge in [0.05, 0.1) is 23.7 Å². The van der Waals surface area contributed by atoms with Crippen molar-refractivity contribution >= 4 is 16.9 Å². The molecule has 0 bridgehead atoms. The zero-order valence-electron chi connectivity index (χ0n) is 10.1. The van der Waals surface area contributed by atoms with Crippen LogP contribution in [0.4, 0.5) is 4.39 Å². The van der Waals surface area contributed by atoms with Gasteiger partial charge in [-0.25, -0.2) is 4.39 Å². The fourth-order valence-electron chi connectivity index (χ4n) is 2.35. The smallest absolute Gasteiger partial charge is 0.227 e. The molecule has 0 unspecified atom stereocenters. The second-order valence-electron chi connectivity index (χ2n) is 4.94. The van der Waals surface area contributed by atoms with Gasteiger partial charge in [-0.1, -0.05) is 6.92 Å². The average molecular weight is 247 g/mol. The average Bonchev–Trinajstić information content (AvgIpc) is 2.67. The Labute approximate surface area is 104 Å². The van der Waals surface area contributed by atoms with Crippen molar-refractivity contribution in [1.29, 1.82) is 0 Å². The van der Waals surface area contributed by atoms with E-state index in [9.17, 15) is 9.18 Å². The van der Waals surface area contributed by atoms with E-state index >= 15 is 0 Å². The van der Waals surface area contributed by atoms with Crippen LogP contribution in [0.15, 0.2) is 18.5 Å². The number of nitrogens with zero attached hydrogens (tertiary/aromatic N) is 2. The number of pyridine rings is 1. The number of hydrogen-bond donors (Lipinski definition) is 1. The summed E-state index contributed by atoms with van der Waals surface area (Å²) in [7, 11) is 0. The fraction of sp³-hybridized carbons (Fsp3) is 0.385. The number of nitrogens with one attached hydrogen (secondary N) is 1. The van der Waals surface area contributed by atoms with Gasteiger partial charge >= 0.3 is 0 Å². The molecule has 4 nitrogen and oxygen atoms in total. The van der Waals surface area contributed by atoms with Crippen molar-refractivity contribution in [3.05, 3.63) is 29.8 Å². The lowest BCUT2D eigenvalue weighted by atomic mass is 10.0. The maximum Gasteiger partial charge on any atom is 0.227 e. The van der Waals surface area contributed by atoms with Crippen LogP contribution in [0.5, 0.6) is 0 Å². The van der Waals surface area contributed by atoms with Gasteiger partial charge in [0.2, 0.25) is 5.91 Å². The molecule has 2 aromatic heterocycles. The monoisotopic (exact) mass is 247 g/mol. The second kappa shape index (κ2) is 4.08. The van der Waals surface area contributed by atoms with Gasteiger partial charge in [0.25, 0.3) is 0 Å². The Bertz CT molecular complexity index is 601. The Balaban J connectivity index is 1.80. The maximum absolute atomic E-state index is 13.0. The van der Waals surface area contributed by atoms with Crippen LogP contribution in [0.1, 0.15) is 12.5 Å². The van der Waals surface area contributed by atoms with Gasteiger partial charge in [0.1, 0.15) is 5.82 Å². The lowest BCUT2D eigenvalue weighted by Gasteiger charge is -2.37. The van der Waals surface area contributed by atoms with Crippen LogP contribution in [0.3, 0.4) is 0 Å². The van der Waals surface area contributed by atoms with Gasteiger partial charge in [-0.05, 0) is 5.92 Å². The van der Waals surface area contributed by atoms with Crippen LogP contribution in [0, 0.1) is 11.7 Å². The third-order valence-corrected chi connectivity index (χ3v) is 3.32. The first-order chi connectivity index (χ1) is 8.63. The molecular weight excluding hydrogens is 233 g/mol. The molecule has 1 fully saturated rings. The zero-order valence-corrected chi connectivity index (χ0v) is 10.1. The van der Waals surface area contributed by atoms with Gasteiger partial charge in [0.15, 0.2) is 0 Å². The minimum atomic E-state index is -0.376. The molecule has 0 spiro atoms. The molecule has 3 heterocycles. The number of carbonyl (C=O) groups is 1. The number of halogens is 1. The lowest BCUT2D eigenvalue weighted by Crippen LogP contribution is -2.49. The minimum absolute atomic E-state index is 0.111. The van der Waals surface area contributed by atoms with E-state index in [1.807, 2.05) is 4.90 Å². The van der Waals surface area contributed by atoms with Crippen LogP contribution in [-0.2, 0) is 11.2 Å². The van der Waals surface area contributed by atoms with E-state index < -0.39 is 0 Å². The van der Waals surface area contributed by atoms with Gasteiger partial charge < -0.3 is 9.88 Å². The van der Waals surface area contributed by atoms with Gasteiger partial charge in [-0.15, -0.1) is 0 Å². The summed E-state index contributed by atoms with van der Waals surface area (Å²) in [6.45, 7) is 3.80. The molecule has 1 aliphatic rings. The second-order valence-corrected chi connectivity index (χ2v) is 4.94. The molecule has 2 aromatic rings. The van der Waals surface area contributed by atoms with Crippen LogP contribution in [0.25, 0.3) is 11.0 Å². The first-order valence-corrected chi connectivity index (χ1v) is 6.03. The summed E-state index contributed by atoms with van der Waals surface area (Å²) in [5, 5.41) is 0. The summed E-state index contributed by atoms with van der Waals surface area (Å²) in [6, 6.07) is 1.39. The molecule has 1 aliphatic heterocycles. The molecular formula is C13H14FN3O. The highest BCUT2D eigenvalue weighted by atomic mass is 19.1. The van der Waals surface area contributed by atoms with Crippen molar-refractivity contribution in [2.24, 2.45) is 5.92 Å². The topological polar surface area (TPSA) is 49.0 Å². The van der Waals surface area contributed by atoms with Crippen molar-refractivity contribution in [2.45, 2.75) is 13.3 Å². The van der Waals surface area contributed by atoms with E-state index in [1.165, 1.54) is 12.3 Å². The molecule has 94 valence electrons. The third kappa shape index (κ3) is 1.85.